The molecule has 160 valence electrons. The van der Waals surface area contributed by atoms with Crippen LogP contribution in [-0.4, -0.2) is 28.2 Å². The van der Waals surface area contributed by atoms with Crippen molar-refractivity contribution in [1.29, 1.82) is 0 Å². The van der Waals surface area contributed by atoms with Crippen molar-refractivity contribution in [3.8, 4) is 17.2 Å². The van der Waals surface area contributed by atoms with E-state index < -0.39 is 10.0 Å². The van der Waals surface area contributed by atoms with Crippen LogP contribution in [0.1, 0.15) is 49.3 Å². The maximum Gasteiger partial charge on any atom is 0.241 e. The summed E-state index contributed by atoms with van der Waals surface area (Å²) in [6.07, 6.45) is 5.89. The van der Waals surface area contributed by atoms with E-state index in [1.165, 1.54) is 7.11 Å². The van der Waals surface area contributed by atoms with E-state index in [-0.39, 0.29) is 23.0 Å². The molecule has 0 spiro atoms. The van der Waals surface area contributed by atoms with Crippen molar-refractivity contribution in [1.82, 2.24) is 4.72 Å². The van der Waals surface area contributed by atoms with Crippen LogP contribution in [0.4, 0.5) is 0 Å². The molecule has 1 N–H and O–H groups in total. The molecule has 0 saturated heterocycles. The van der Waals surface area contributed by atoms with Gasteiger partial charge >= 0.3 is 0 Å². The third-order valence-corrected chi connectivity index (χ3v) is 6.86. The van der Waals surface area contributed by atoms with E-state index in [1.54, 1.807) is 19.2 Å². The second-order valence-corrected chi connectivity index (χ2v) is 9.96. The monoisotopic (exact) mass is 429 g/mol. The van der Waals surface area contributed by atoms with E-state index in [4.69, 9.17) is 14.2 Å². The molecule has 6 nitrogen and oxygen atoms in total. The van der Waals surface area contributed by atoms with Crippen LogP contribution in [0, 0.1) is 0 Å². The highest BCUT2D eigenvalue weighted by atomic mass is 32.2. The van der Waals surface area contributed by atoms with Gasteiger partial charge in [-0.25, -0.2) is 13.1 Å². The van der Waals surface area contributed by atoms with Crippen LogP contribution < -0.4 is 18.9 Å². The Balaban J connectivity index is 1.59. The normalized spacial score (nSPS) is 17.2. The molecule has 0 radical (unpaired) electrons. The summed E-state index contributed by atoms with van der Waals surface area (Å²) in [6, 6.07) is 8.95. The molecule has 30 heavy (non-hydrogen) atoms. The molecular formula is C23H27NO5S. The minimum absolute atomic E-state index is 0.177. The number of ether oxygens (including phenoxy) is 3. The summed E-state index contributed by atoms with van der Waals surface area (Å²) >= 11 is 0. The largest absolute Gasteiger partial charge is 0.493 e. The Morgan fingerprint density at radius 1 is 1.13 bits per heavy atom. The molecule has 4 rings (SSSR count). The lowest BCUT2D eigenvalue weighted by Gasteiger charge is -2.28. The quantitative estimate of drug-likeness (QED) is 0.713. The molecule has 2 aromatic rings. The molecule has 1 fully saturated rings. The highest BCUT2D eigenvalue weighted by molar-refractivity contribution is 7.89. The van der Waals surface area contributed by atoms with Gasteiger partial charge in [0, 0.05) is 17.7 Å². The van der Waals surface area contributed by atoms with Crippen LogP contribution in [0.3, 0.4) is 0 Å². The number of hydrogen-bond donors (Lipinski definition) is 1. The first-order valence-corrected chi connectivity index (χ1v) is 11.5. The van der Waals surface area contributed by atoms with Crippen LogP contribution in [0.15, 0.2) is 41.3 Å². The van der Waals surface area contributed by atoms with Crippen molar-refractivity contribution in [3.63, 3.8) is 0 Å². The summed E-state index contributed by atoms with van der Waals surface area (Å²) in [5.41, 5.74) is 2.16. The predicted molar refractivity (Wildman–Crippen MR) is 116 cm³/mol. The van der Waals surface area contributed by atoms with Crippen LogP contribution in [-0.2, 0) is 16.6 Å². The average Bonchev–Trinajstić information content (AvgIpc) is 3.55. The number of rotatable bonds is 7. The van der Waals surface area contributed by atoms with E-state index in [0.29, 0.717) is 17.1 Å². The maximum absolute atomic E-state index is 13.2. The van der Waals surface area contributed by atoms with Gasteiger partial charge in [-0.3, -0.25) is 0 Å². The molecule has 2 aromatic carbocycles. The van der Waals surface area contributed by atoms with Gasteiger partial charge in [-0.2, -0.15) is 0 Å². The summed E-state index contributed by atoms with van der Waals surface area (Å²) in [5.74, 6) is 2.02. The van der Waals surface area contributed by atoms with Crippen LogP contribution >= 0.6 is 0 Å². The molecular weight excluding hydrogens is 402 g/mol. The number of hydrogen-bond acceptors (Lipinski definition) is 5. The summed E-state index contributed by atoms with van der Waals surface area (Å²) in [7, 11) is -0.635. The second-order valence-electron chi connectivity index (χ2n) is 8.22. The molecule has 0 amide bonds. The lowest BCUT2D eigenvalue weighted by atomic mass is 10.0. The summed E-state index contributed by atoms with van der Waals surface area (Å²) < 4.78 is 45.8. The lowest BCUT2D eigenvalue weighted by Crippen LogP contribution is -2.27. The number of methoxy groups -OCH3 is 2. The minimum Gasteiger partial charge on any atom is -0.493 e. The Bertz CT molecular complexity index is 1100. The molecule has 0 atom stereocenters. The van der Waals surface area contributed by atoms with Crippen molar-refractivity contribution in [2.75, 3.05) is 14.2 Å². The van der Waals surface area contributed by atoms with Gasteiger partial charge in [0.25, 0.3) is 0 Å². The standard InChI is InChI=1S/C23H27NO5S/c1-23(2)12-11-17-13-15(5-8-18(17)29-23)14-24-30(25,26)20-10-9-19(27-3)22(28-4)21(20)16-6-7-16/h5,8-13,16,24H,6-7,14H2,1-4H3. The molecule has 7 heteroatoms. The first kappa shape index (κ1) is 20.8. The van der Waals surface area contributed by atoms with Gasteiger partial charge in [0.1, 0.15) is 11.4 Å². The lowest BCUT2D eigenvalue weighted by molar-refractivity contribution is 0.159. The third kappa shape index (κ3) is 4.04. The summed E-state index contributed by atoms with van der Waals surface area (Å²) in [5, 5.41) is 0. The molecule has 0 bridgehead atoms. The fraction of sp³-hybridized carbons (Fsp3) is 0.391. The zero-order valence-electron chi connectivity index (χ0n) is 17.7. The molecule has 1 saturated carbocycles. The van der Waals surface area contributed by atoms with Crippen molar-refractivity contribution in [2.24, 2.45) is 0 Å². The number of fused-ring (bicyclic) bond motifs is 1. The van der Waals surface area contributed by atoms with E-state index in [9.17, 15) is 8.42 Å². The van der Waals surface area contributed by atoms with Crippen LogP contribution in [0.5, 0.6) is 17.2 Å². The Morgan fingerprint density at radius 3 is 2.57 bits per heavy atom. The molecule has 0 aromatic heterocycles. The van der Waals surface area contributed by atoms with E-state index in [0.717, 1.165) is 29.7 Å². The molecule has 0 unspecified atom stereocenters. The Morgan fingerprint density at radius 2 is 1.90 bits per heavy atom. The molecule has 1 heterocycles. The highest BCUT2D eigenvalue weighted by Crippen LogP contribution is 2.50. The van der Waals surface area contributed by atoms with Crippen molar-refractivity contribution >= 4 is 16.1 Å². The van der Waals surface area contributed by atoms with Gasteiger partial charge in [-0.1, -0.05) is 12.1 Å². The fourth-order valence-corrected chi connectivity index (χ4v) is 5.03. The van der Waals surface area contributed by atoms with Crippen molar-refractivity contribution < 1.29 is 22.6 Å². The zero-order chi connectivity index (χ0) is 21.5. The highest BCUT2D eigenvalue weighted by Gasteiger charge is 2.35. The topological polar surface area (TPSA) is 73.9 Å². The van der Waals surface area contributed by atoms with Gasteiger partial charge in [0.05, 0.1) is 19.1 Å². The predicted octanol–water partition coefficient (Wildman–Crippen LogP) is 4.24. The minimum atomic E-state index is -3.73. The average molecular weight is 430 g/mol. The second kappa shape index (κ2) is 7.63. The Labute approximate surface area is 177 Å². The number of benzene rings is 2. The van der Waals surface area contributed by atoms with Crippen LogP contribution in [0.25, 0.3) is 6.08 Å². The molecule has 2 aliphatic rings. The number of sulfonamides is 1. The summed E-state index contributed by atoms with van der Waals surface area (Å²) in [6.45, 7) is 4.18. The van der Waals surface area contributed by atoms with E-state index in [2.05, 4.69) is 4.72 Å². The third-order valence-electron chi connectivity index (χ3n) is 5.40. The Kier molecular flexibility index (Phi) is 5.28. The zero-order valence-corrected chi connectivity index (χ0v) is 18.5. The maximum atomic E-state index is 13.2. The summed E-state index contributed by atoms with van der Waals surface area (Å²) in [4.78, 5) is 0.255. The van der Waals surface area contributed by atoms with Gasteiger partial charge in [-0.15, -0.1) is 0 Å². The molecule has 1 aliphatic heterocycles. The number of nitrogens with one attached hydrogen (secondary N) is 1. The molecule has 1 aliphatic carbocycles. The van der Waals surface area contributed by atoms with E-state index >= 15 is 0 Å². The fourth-order valence-electron chi connectivity index (χ4n) is 3.72. The smallest absolute Gasteiger partial charge is 0.241 e. The van der Waals surface area contributed by atoms with Crippen molar-refractivity contribution in [2.45, 2.75) is 49.6 Å². The first-order chi connectivity index (χ1) is 14.2. The van der Waals surface area contributed by atoms with Gasteiger partial charge in [0.2, 0.25) is 10.0 Å². The van der Waals surface area contributed by atoms with Gasteiger partial charge < -0.3 is 14.2 Å². The van der Waals surface area contributed by atoms with Gasteiger partial charge in [-0.05, 0) is 68.5 Å². The van der Waals surface area contributed by atoms with Crippen LogP contribution in [0.2, 0.25) is 0 Å². The van der Waals surface area contributed by atoms with E-state index in [1.807, 2.05) is 44.2 Å². The SMILES string of the molecule is COc1ccc(S(=O)(=O)NCc2ccc3c(c2)C=CC(C)(C)O3)c(C2CC2)c1OC. The van der Waals surface area contributed by atoms with Gasteiger partial charge in [0.15, 0.2) is 11.5 Å². The Hall–Kier alpha value is -2.51. The van der Waals surface area contributed by atoms with Crippen molar-refractivity contribution in [3.05, 3.63) is 53.1 Å². The first-order valence-electron chi connectivity index (χ1n) is 10.00.